The smallest absolute Gasteiger partial charge is 0.128 e. The van der Waals surface area contributed by atoms with Crippen molar-refractivity contribution in [3.05, 3.63) is 69.8 Å². The first kappa shape index (κ1) is 14.7. The molecule has 0 aliphatic rings. The second-order valence-corrected chi connectivity index (χ2v) is 5.21. The third-order valence-electron chi connectivity index (χ3n) is 3.57. The standard InChI is InChI=1S/C17H19F2N/c1-10-7-12(3)16(15(19)8-10)17(20-4)13-5-6-14(18)11(2)9-13/h5-9,17,20H,1-4H3. The van der Waals surface area contributed by atoms with E-state index < -0.39 is 0 Å². The Bertz CT molecular complexity index is 612. The van der Waals surface area contributed by atoms with Gasteiger partial charge in [0.1, 0.15) is 11.6 Å². The maximum atomic E-state index is 14.3. The van der Waals surface area contributed by atoms with Gasteiger partial charge in [0.2, 0.25) is 0 Å². The van der Waals surface area contributed by atoms with Crippen molar-refractivity contribution in [3.8, 4) is 0 Å². The van der Waals surface area contributed by atoms with E-state index >= 15 is 0 Å². The van der Waals surface area contributed by atoms with E-state index in [0.717, 1.165) is 16.7 Å². The van der Waals surface area contributed by atoms with Gasteiger partial charge >= 0.3 is 0 Å². The number of benzene rings is 2. The zero-order chi connectivity index (χ0) is 14.9. The predicted octanol–water partition coefficient (Wildman–Crippen LogP) is 4.20. The molecule has 2 aromatic carbocycles. The van der Waals surface area contributed by atoms with Crippen LogP contribution in [0.2, 0.25) is 0 Å². The summed E-state index contributed by atoms with van der Waals surface area (Å²) in [5, 5.41) is 3.12. The van der Waals surface area contributed by atoms with Crippen LogP contribution in [0, 0.1) is 32.4 Å². The number of nitrogens with one attached hydrogen (secondary N) is 1. The molecule has 0 radical (unpaired) electrons. The molecule has 0 fully saturated rings. The molecule has 0 spiro atoms. The molecular weight excluding hydrogens is 256 g/mol. The second-order valence-electron chi connectivity index (χ2n) is 5.21. The minimum Gasteiger partial charge on any atom is -0.309 e. The first-order chi connectivity index (χ1) is 9.43. The van der Waals surface area contributed by atoms with Gasteiger partial charge in [0.25, 0.3) is 0 Å². The number of hydrogen-bond donors (Lipinski definition) is 1. The zero-order valence-electron chi connectivity index (χ0n) is 12.2. The lowest BCUT2D eigenvalue weighted by Crippen LogP contribution is -2.20. The molecular formula is C17H19F2N. The third-order valence-corrected chi connectivity index (χ3v) is 3.57. The van der Waals surface area contributed by atoms with E-state index in [1.165, 1.54) is 12.1 Å². The Morgan fingerprint density at radius 1 is 0.900 bits per heavy atom. The van der Waals surface area contributed by atoms with Gasteiger partial charge in [-0.2, -0.15) is 0 Å². The van der Waals surface area contributed by atoms with Gasteiger partial charge in [0, 0.05) is 5.56 Å². The van der Waals surface area contributed by atoms with Gasteiger partial charge in [-0.3, -0.25) is 0 Å². The van der Waals surface area contributed by atoms with Crippen LogP contribution in [-0.4, -0.2) is 7.05 Å². The largest absolute Gasteiger partial charge is 0.309 e. The Kier molecular flexibility index (Phi) is 4.19. The molecule has 2 rings (SSSR count). The molecule has 1 atom stereocenters. The molecule has 1 nitrogen and oxygen atoms in total. The van der Waals surface area contributed by atoms with Gasteiger partial charge in [-0.25, -0.2) is 8.78 Å². The molecule has 106 valence electrons. The van der Waals surface area contributed by atoms with E-state index in [0.29, 0.717) is 11.1 Å². The second kappa shape index (κ2) is 5.71. The lowest BCUT2D eigenvalue weighted by molar-refractivity contribution is 0.570. The van der Waals surface area contributed by atoms with Crippen molar-refractivity contribution < 1.29 is 8.78 Å². The average Bonchev–Trinajstić information content (AvgIpc) is 2.37. The molecule has 0 saturated carbocycles. The third kappa shape index (κ3) is 2.73. The summed E-state index contributed by atoms with van der Waals surface area (Å²) in [4.78, 5) is 0. The molecule has 0 aromatic heterocycles. The normalized spacial score (nSPS) is 12.5. The summed E-state index contributed by atoms with van der Waals surface area (Å²) in [5.41, 5.74) is 3.83. The van der Waals surface area contributed by atoms with Crippen LogP contribution in [0.5, 0.6) is 0 Å². The van der Waals surface area contributed by atoms with Crippen LogP contribution in [0.15, 0.2) is 30.3 Å². The van der Waals surface area contributed by atoms with E-state index in [9.17, 15) is 8.78 Å². The summed E-state index contributed by atoms with van der Waals surface area (Å²) in [6.45, 7) is 5.48. The van der Waals surface area contributed by atoms with Crippen LogP contribution < -0.4 is 5.32 Å². The molecule has 0 bridgehead atoms. The number of hydrogen-bond acceptors (Lipinski definition) is 1. The van der Waals surface area contributed by atoms with Crippen molar-refractivity contribution in [1.82, 2.24) is 5.32 Å². The highest BCUT2D eigenvalue weighted by molar-refractivity contribution is 5.41. The SMILES string of the molecule is CNC(c1ccc(F)c(C)c1)c1c(C)cc(C)cc1F. The Hall–Kier alpha value is -1.74. The van der Waals surface area contributed by atoms with E-state index in [2.05, 4.69) is 5.32 Å². The monoisotopic (exact) mass is 275 g/mol. The summed E-state index contributed by atoms with van der Waals surface area (Å²) in [5.74, 6) is -0.478. The molecule has 0 saturated heterocycles. The van der Waals surface area contributed by atoms with Crippen LogP contribution in [-0.2, 0) is 0 Å². The highest BCUT2D eigenvalue weighted by Gasteiger charge is 2.19. The molecule has 0 heterocycles. The number of halogens is 2. The fourth-order valence-electron chi connectivity index (χ4n) is 2.62. The molecule has 0 aliphatic carbocycles. The minimum atomic E-state index is -0.283. The van der Waals surface area contributed by atoms with Gasteiger partial charge in [-0.1, -0.05) is 18.2 Å². The van der Waals surface area contributed by atoms with Crippen molar-refractivity contribution in [3.63, 3.8) is 0 Å². The fourth-order valence-corrected chi connectivity index (χ4v) is 2.62. The van der Waals surface area contributed by atoms with Crippen molar-refractivity contribution >= 4 is 0 Å². The maximum absolute atomic E-state index is 14.3. The summed E-state index contributed by atoms with van der Waals surface area (Å²) < 4.78 is 27.7. The van der Waals surface area contributed by atoms with E-state index in [4.69, 9.17) is 0 Å². The number of rotatable bonds is 3. The van der Waals surface area contributed by atoms with Crippen LogP contribution in [0.3, 0.4) is 0 Å². The Morgan fingerprint density at radius 2 is 1.60 bits per heavy atom. The first-order valence-electron chi connectivity index (χ1n) is 6.64. The van der Waals surface area contributed by atoms with Gasteiger partial charge in [-0.15, -0.1) is 0 Å². The van der Waals surface area contributed by atoms with Gasteiger partial charge in [0.15, 0.2) is 0 Å². The van der Waals surface area contributed by atoms with E-state index in [1.54, 1.807) is 26.1 Å². The van der Waals surface area contributed by atoms with Gasteiger partial charge < -0.3 is 5.32 Å². The average molecular weight is 275 g/mol. The summed E-state index contributed by atoms with van der Waals surface area (Å²) >= 11 is 0. The molecule has 0 aliphatic heterocycles. The molecule has 1 N–H and O–H groups in total. The minimum absolute atomic E-state index is 0.233. The van der Waals surface area contributed by atoms with Gasteiger partial charge in [0.05, 0.1) is 6.04 Å². The summed E-state index contributed by atoms with van der Waals surface area (Å²) in [6.07, 6.45) is 0. The van der Waals surface area contributed by atoms with E-state index in [-0.39, 0.29) is 17.7 Å². The predicted molar refractivity (Wildman–Crippen MR) is 77.9 cm³/mol. The summed E-state index contributed by atoms with van der Waals surface area (Å²) in [7, 11) is 1.78. The van der Waals surface area contributed by atoms with Crippen molar-refractivity contribution in [1.29, 1.82) is 0 Å². The topological polar surface area (TPSA) is 12.0 Å². The molecule has 20 heavy (non-hydrogen) atoms. The first-order valence-corrected chi connectivity index (χ1v) is 6.64. The molecule has 0 amide bonds. The zero-order valence-corrected chi connectivity index (χ0v) is 12.2. The lowest BCUT2D eigenvalue weighted by Gasteiger charge is -2.21. The highest BCUT2D eigenvalue weighted by atomic mass is 19.1. The van der Waals surface area contributed by atoms with Crippen LogP contribution in [0.1, 0.15) is 33.9 Å². The molecule has 1 unspecified atom stereocenters. The van der Waals surface area contributed by atoms with Crippen LogP contribution >= 0.6 is 0 Å². The van der Waals surface area contributed by atoms with Crippen molar-refractivity contribution in [2.24, 2.45) is 0 Å². The Balaban J connectivity index is 2.55. The van der Waals surface area contributed by atoms with Crippen LogP contribution in [0.25, 0.3) is 0 Å². The lowest BCUT2D eigenvalue weighted by atomic mass is 9.92. The Labute approximate surface area is 118 Å². The fraction of sp³-hybridized carbons (Fsp3) is 0.294. The quantitative estimate of drug-likeness (QED) is 0.885. The van der Waals surface area contributed by atoms with E-state index in [1.807, 2.05) is 19.9 Å². The van der Waals surface area contributed by atoms with Crippen molar-refractivity contribution in [2.75, 3.05) is 7.05 Å². The van der Waals surface area contributed by atoms with Gasteiger partial charge in [-0.05, 0) is 62.2 Å². The molecule has 3 heteroatoms. The summed E-state index contributed by atoms with van der Waals surface area (Å²) in [6, 6.07) is 8.09. The maximum Gasteiger partial charge on any atom is 0.128 e. The molecule has 2 aromatic rings. The van der Waals surface area contributed by atoms with Crippen molar-refractivity contribution in [2.45, 2.75) is 26.8 Å². The highest BCUT2D eigenvalue weighted by Crippen LogP contribution is 2.29. The Morgan fingerprint density at radius 3 is 2.15 bits per heavy atom. The number of aryl methyl sites for hydroxylation is 3. The van der Waals surface area contributed by atoms with Crippen LogP contribution in [0.4, 0.5) is 8.78 Å².